The number of thiophene rings is 1. The van der Waals surface area contributed by atoms with Crippen LogP contribution in [-0.4, -0.2) is 34.1 Å². The van der Waals surface area contributed by atoms with Crippen molar-refractivity contribution in [2.24, 2.45) is 10.6 Å². The highest BCUT2D eigenvalue weighted by Crippen LogP contribution is 2.29. The molecular weight excluding hydrogens is 312 g/mol. The number of hydrogen-bond donors (Lipinski definition) is 2. The predicted molar refractivity (Wildman–Crippen MR) is 80.9 cm³/mol. The summed E-state index contributed by atoms with van der Waals surface area (Å²) in [5.41, 5.74) is 0.0307. The van der Waals surface area contributed by atoms with Gasteiger partial charge in [0, 0.05) is 24.6 Å². The highest BCUT2D eigenvalue weighted by molar-refractivity contribution is 7.89. The number of amides is 1. The maximum atomic E-state index is 12.2. The molecule has 1 amide bonds. The van der Waals surface area contributed by atoms with Crippen molar-refractivity contribution in [2.75, 3.05) is 19.8 Å². The number of aryl methyl sites for hydroxylation is 1. The van der Waals surface area contributed by atoms with Crippen LogP contribution in [0.15, 0.2) is 11.0 Å². The first-order valence-electron chi connectivity index (χ1n) is 6.70. The van der Waals surface area contributed by atoms with Crippen molar-refractivity contribution in [3.8, 4) is 0 Å². The van der Waals surface area contributed by atoms with Gasteiger partial charge in [-0.1, -0.05) is 6.92 Å². The van der Waals surface area contributed by atoms with E-state index in [0.717, 1.165) is 24.2 Å². The molecule has 8 heteroatoms. The quantitative estimate of drug-likeness (QED) is 0.867. The molecule has 2 rings (SSSR count). The molecule has 3 N–H and O–H groups in total. The topological polar surface area (TPSA) is 98.5 Å². The van der Waals surface area contributed by atoms with Crippen LogP contribution in [0.3, 0.4) is 0 Å². The summed E-state index contributed by atoms with van der Waals surface area (Å²) in [5, 5.41) is 8.00. The Morgan fingerprint density at radius 2 is 2.10 bits per heavy atom. The Morgan fingerprint density at radius 1 is 1.48 bits per heavy atom. The molecule has 1 aliphatic rings. The number of ether oxygens (including phenoxy) is 1. The summed E-state index contributed by atoms with van der Waals surface area (Å²) in [6, 6.07) is 1.34. The highest BCUT2D eigenvalue weighted by atomic mass is 32.2. The number of rotatable bonds is 4. The fraction of sp³-hybridized carbons (Fsp3) is 0.615. The molecule has 21 heavy (non-hydrogen) atoms. The first-order valence-corrected chi connectivity index (χ1v) is 9.07. The Hall–Kier alpha value is -0.960. The van der Waals surface area contributed by atoms with Gasteiger partial charge in [0.05, 0.1) is 9.77 Å². The number of nitrogens with one attached hydrogen (secondary N) is 1. The fourth-order valence-corrected chi connectivity index (χ4v) is 4.34. The number of primary sulfonamides is 1. The van der Waals surface area contributed by atoms with Crippen LogP contribution in [0.4, 0.5) is 0 Å². The third-order valence-electron chi connectivity index (χ3n) is 3.78. The molecule has 0 bridgehead atoms. The van der Waals surface area contributed by atoms with Crippen LogP contribution in [0.5, 0.6) is 0 Å². The molecule has 0 radical (unpaired) electrons. The SMILES string of the molecule is Cc1sc(C(=O)NCC2(C)CCOCC2)cc1S(N)(=O)=O. The van der Waals surface area contributed by atoms with E-state index in [0.29, 0.717) is 29.5 Å². The van der Waals surface area contributed by atoms with E-state index in [4.69, 9.17) is 9.88 Å². The number of carbonyl (C=O) groups is 1. The molecule has 0 atom stereocenters. The van der Waals surface area contributed by atoms with Crippen molar-refractivity contribution in [3.05, 3.63) is 15.8 Å². The largest absolute Gasteiger partial charge is 0.381 e. The number of carbonyl (C=O) groups excluding carboxylic acids is 1. The second-order valence-corrected chi connectivity index (χ2v) is 8.47. The van der Waals surface area contributed by atoms with Gasteiger partial charge in [0.1, 0.15) is 0 Å². The van der Waals surface area contributed by atoms with Crippen LogP contribution in [0.25, 0.3) is 0 Å². The first kappa shape index (κ1) is 16.4. The van der Waals surface area contributed by atoms with Gasteiger partial charge in [-0.05, 0) is 31.2 Å². The van der Waals surface area contributed by atoms with Crippen LogP contribution >= 0.6 is 11.3 Å². The molecule has 1 aromatic heterocycles. The lowest BCUT2D eigenvalue weighted by Crippen LogP contribution is -2.39. The molecule has 2 heterocycles. The molecule has 0 spiro atoms. The van der Waals surface area contributed by atoms with E-state index in [1.165, 1.54) is 6.07 Å². The predicted octanol–water partition coefficient (Wildman–Crippen LogP) is 1.25. The third-order valence-corrected chi connectivity index (χ3v) is 5.99. The summed E-state index contributed by atoms with van der Waals surface area (Å²) in [5.74, 6) is -0.259. The summed E-state index contributed by atoms with van der Waals surface area (Å²) < 4.78 is 28.1. The molecule has 1 saturated heterocycles. The molecule has 0 unspecified atom stereocenters. The molecule has 1 fully saturated rings. The molecule has 6 nitrogen and oxygen atoms in total. The van der Waals surface area contributed by atoms with Crippen molar-refractivity contribution in [1.82, 2.24) is 5.32 Å². The standard InChI is InChI=1S/C13H20N2O4S2/c1-9-11(21(14,17)18)7-10(20-9)12(16)15-8-13(2)3-5-19-6-4-13/h7H,3-6,8H2,1-2H3,(H,15,16)(H2,14,17,18). The fourth-order valence-electron chi connectivity index (χ4n) is 2.28. The summed E-state index contributed by atoms with van der Waals surface area (Å²) in [4.78, 5) is 13.1. The minimum atomic E-state index is -3.78. The van der Waals surface area contributed by atoms with Crippen molar-refractivity contribution in [3.63, 3.8) is 0 Å². The van der Waals surface area contributed by atoms with Crippen LogP contribution in [0, 0.1) is 12.3 Å². The Morgan fingerprint density at radius 3 is 2.62 bits per heavy atom. The van der Waals surface area contributed by atoms with E-state index in [9.17, 15) is 13.2 Å². The van der Waals surface area contributed by atoms with Crippen molar-refractivity contribution < 1.29 is 17.9 Å². The number of nitrogens with two attached hydrogens (primary N) is 1. The molecule has 0 aliphatic carbocycles. The summed E-state index contributed by atoms with van der Waals surface area (Å²) >= 11 is 1.14. The van der Waals surface area contributed by atoms with E-state index in [1.807, 2.05) is 0 Å². The highest BCUT2D eigenvalue weighted by Gasteiger charge is 2.28. The van der Waals surface area contributed by atoms with Crippen LogP contribution in [0.1, 0.15) is 34.3 Å². The number of sulfonamides is 1. The van der Waals surface area contributed by atoms with E-state index in [1.54, 1.807) is 6.92 Å². The van der Waals surface area contributed by atoms with Gasteiger partial charge >= 0.3 is 0 Å². The van der Waals surface area contributed by atoms with Crippen LogP contribution < -0.4 is 10.5 Å². The van der Waals surface area contributed by atoms with Crippen molar-refractivity contribution in [1.29, 1.82) is 0 Å². The summed E-state index contributed by atoms with van der Waals surface area (Å²) in [6.07, 6.45) is 1.80. The molecule has 118 valence electrons. The lowest BCUT2D eigenvalue weighted by molar-refractivity contribution is 0.0239. The molecular formula is C13H20N2O4S2. The second kappa shape index (κ2) is 6.04. The Bertz CT molecular complexity index is 631. The zero-order valence-corrected chi connectivity index (χ0v) is 13.8. The summed E-state index contributed by atoms with van der Waals surface area (Å²) in [7, 11) is -3.78. The zero-order valence-electron chi connectivity index (χ0n) is 12.1. The average Bonchev–Trinajstić information content (AvgIpc) is 2.79. The van der Waals surface area contributed by atoms with Crippen molar-refractivity contribution >= 4 is 27.3 Å². The minimum absolute atomic E-state index is 0.0231. The monoisotopic (exact) mass is 332 g/mol. The Labute approximate surface area is 128 Å². The van der Waals surface area contributed by atoms with Gasteiger partial charge in [0.15, 0.2) is 0 Å². The Kier molecular flexibility index (Phi) is 4.72. The smallest absolute Gasteiger partial charge is 0.261 e. The molecule has 1 aromatic rings. The van der Waals surface area contributed by atoms with Gasteiger partial charge in [-0.3, -0.25) is 4.79 Å². The second-order valence-electron chi connectivity index (χ2n) is 5.68. The summed E-state index contributed by atoms with van der Waals surface area (Å²) in [6.45, 7) is 5.73. The lowest BCUT2D eigenvalue weighted by atomic mass is 9.82. The maximum Gasteiger partial charge on any atom is 0.261 e. The van der Waals surface area contributed by atoms with E-state index < -0.39 is 10.0 Å². The zero-order chi connectivity index (χ0) is 15.7. The number of hydrogen-bond acceptors (Lipinski definition) is 5. The van der Waals surface area contributed by atoms with Gasteiger partial charge in [-0.15, -0.1) is 11.3 Å². The van der Waals surface area contributed by atoms with Gasteiger partial charge in [-0.25, -0.2) is 13.6 Å². The molecule has 0 aromatic carbocycles. The third kappa shape index (κ3) is 4.03. The van der Waals surface area contributed by atoms with Crippen LogP contribution in [0.2, 0.25) is 0 Å². The first-order chi connectivity index (χ1) is 9.71. The lowest BCUT2D eigenvalue weighted by Gasteiger charge is -2.33. The van der Waals surface area contributed by atoms with Gasteiger partial charge in [0.25, 0.3) is 5.91 Å². The molecule has 1 aliphatic heterocycles. The molecule has 0 saturated carbocycles. The van der Waals surface area contributed by atoms with Gasteiger partial charge in [-0.2, -0.15) is 0 Å². The average molecular weight is 332 g/mol. The minimum Gasteiger partial charge on any atom is -0.381 e. The van der Waals surface area contributed by atoms with Crippen molar-refractivity contribution in [2.45, 2.75) is 31.6 Å². The van der Waals surface area contributed by atoms with Crippen LogP contribution in [-0.2, 0) is 14.8 Å². The van der Waals surface area contributed by atoms with E-state index in [-0.39, 0.29) is 16.2 Å². The van der Waals surface area contributed by atoms with Gasteiger partial charge in [0.2, 0.25) is 10.0 Å². The Balaban J connectivity index is 2.04. The normalized spacial score (nSPS) is 18.4. The van der Waals surface area contributed by atoms with E-state index >= 15 is 0 Å². The van der Waals surface area contributed by atoms with E-state index in [2.05, 4.69) is 12.2 Å². The maximum absolute atomic E-state index is 12.2. The van der Waals surface area contributed by atoms with Gasteiger partial charge < -0.3 is 10.1 Å².